The Balaban J connectivity index is 1.61. The molecule has 2 atom stereocenters. The third-order valence-corrected chi connectivity index (χ3v) is 4.90. The predicted octanol–water partition coefficient (Wildman–Crippen LogP) is 1.61. The molecule has 6 heteroatoms. The van der Waals surface area contributed by atoms with Gasteiger partial charge < -0.3 is 20.3 Å². The summed E-state index contributed by atoms with van der Waals surface area (Å²) in [5.41, 5.74) is 6.79. The highest BCUT2D eigenvalue weighted by Crippen LogP contribution is 2.31. The van der Waals surface area contributed by atoms with E-state index in [0.717, 1.165) is 38.0 Å². The Morgan fingerprint density at radius 1 is 1.26 bits per heavy atom. The van der Waals surface area contributed by atoms with E-state index in [2.05, 4.69) is 4.90 Å². The Morgan fingerprint density at radius 3 is 2.61 bits per heavy atom. The summed E-state index contributed by atoms with van der Waals surface area (Å²) in [7, 11) is 1.54. The second kappa shape index (κ2) is 6.74. The molecule has 1 aliphatic carbocycles. The van der Waals surface area contributed by atoms with Crippen molar-refractivity contribution < 1.29 is 13.9 Å². The molecule has 1 aromatic carbocycles. The van der Waals surface area contributed by atoms with E-state index < -0.39 is 0 Å². The first kappa shape index (κ1) is 16.1. The fraction of sp³-hybridized carbons (Fsp3) is 0.588. The average Bonchev–Trinajstić information content (AvgIpc) is 3.00. The van der Waals surface area contributed by atoms with Crippen molar-refractivity contribution in [1.82, 2.24) is 4.90 Å². The largest absolute Gasteiger partial charge is 0.494 e. The van der Waals surface area contributed by atoms with Crippen LogP contribution in [0.25, 0.3) is 0 Å². The van der Waals surface area contributed by atoms with Gasteiger partial charge in [0.2, 0.25) is 5.91 Å². The van der Waals surface area contributed by atoms with Crippen LogP contribution in [0, 0.1) is 11.7 Å². The Hall–Kier alpha value is -1.82. The summed E-state index contributed by atoms with van der Waals surface area (Å²) >= 11 is 0. The number of nitrogens with two attached hydrogens (primary N) is 1. The smallest absolute Gasteiger partial charge is 0.225 e. The van der Waals surface area contributed by atoms with Gasteiger partial charge in [-0.3, -0.25) is 4.79 Å². The van der Waals surface area contributed by atoms with Gasteiger partial charge in [-0.05, 0) is 31.4 Å². The number of carbonyl (C=O) groups is 1. The highest BCUT2D eigenvalue weighted by atomic mass is 19.1. The van der Waals surface area contributed by atoms with E-state index in [0.29, 0.717) is 18.8 Å². The monoisotopic (exact) mass is 321 g/mol. The standard InChI is InChI=1S/C17H24FN3O2/c1-23-16-11-13(18)3-5-15(16)20-6-8-21(9-7-20)17(22)12-2-4-14(19)10-12/h3,5,11-12,14H,2,4,6-10,19H2,1H3/t12-,14-/m1/s1. The molecule has 1 aliphatic heterocycles. The molecule has 2 N–H and O–H groups in total. The number of anilines is 1. The molecule has 0 aromatic heterocycles. The van der Waals surface area contributed by atoms with Gasteiger partial charge in [0.05, 0.1) is 12.8 Å². The molecule has 0 spiro atoms. The van der Waals surface area contributed by atoms with Crippen molar-refractivity contribution in [1.29, 1.82) is 0 Å². The number of amides is 1. The van der Waals surface area contributed by atoms with Crippen LogP contribution in [0.15, 0.2) is 18.2 Å². The number of hydrogen-bond donors (Lipinski definition) is 1. The predicted molar refractivity (Wildman–Crippen MR) is 87.1 cm³/mol. The van der Waals surface area contributed by atoms with Gasteiger partial charge in [-0.2, -0.15) is 0 Å². The molecule has 1 aromatic rings. The van der Waals surface area contributed by atoms with Crippen LogP contribution in [-0.4, -0.2) is 50.1 Å². The van der Waals surface area contributed by atoms with Crippen LogP contribution in [0.1, 0.15) is 19.3 Å². The van der Waals surface area contributed by atoms with E-state index in [-0.39, 0.29) is 23.7 Å². The van der Waals surface area contributed by atoms with Gasteiger partial charge in [-0.15, -0.1) is 0 Å². The van der Waals surface area contributed by atoms with Crippen molar-refractivity contribution in [3.05, 3.63) is 24.0 Å². The first-order valence-corrected chi connectivity index (χ1v) is 8.21. The molecule has 23 heavy (non-hydrogen) atoms. The number of carbonyl (C=O) groups excluding carboxylic acids is 1. The molecular formula is C17H24FN3O2. The molecule has 1 heterocycles. The topological polar surface area (TPSA) is 58.8 Å². The molecule has 1 saturated heterocycles. The molecule has 2 aliphatic rings. The maximum Gasteiger partial charge on any atom is 0.225 e. The van der Waals surface area contributed by atoms with Crippen molar-refractivity contribution in [2.45, 2.75) is 25.3 Å². The molecule has 5 nitrogen and oxygen atoms in total. The summed E-state index contributed by atoms with van der Waals surface area (Å²) in [6, 6.07) is 4.75. The minimum atomic E-state index is -0.308. The van der Waals surface area contributed by atoms with E-state index in [9.17, 15) is 9.18 Å². The molecule has 1 amide bonds. The number of rotatable bonds is 3. The summed E-state index contributed by atoms with van der Waals surface area (Å²) in [6.45, 7) is 2.83. The van der Waals surface area contributed by atoms with E-state index >= 15 is 0 Å². The molecule has 0 bridgehead atoms. The highest BCUT2D eigenvalue weighted by molar-refractivity contribution is 5.79. The fourth-order valence-corrected chi connectivity index (χ4v) is 3.58. The molecule has 1 saturated carbocycles. The van der Waals surface area contributed by atoms with E-state index in [1.807, 2.05) is 4.90 Å². The minimum Gasteiger partial charge on any atom is -0.494 e. The number of hydrogen-bond acceptors (Lipinski definition) is 4. The number of nitrogens with zero attached hydrogens (tertiary/aromatic N) is 2. The fourth-order valence-electron chi connectivity index (χ4n) is 3.58. The van der Waals surface area contributed by atoms with E-state index in [4.69, 9.17) is 10.5 Å². The number of methoxy groups -OCH3 is 1. The number of benzene rings is 1. The highest BCUT2D eigenvalue weighted by Gasteiger charge is 2.32. The summed E-state index contributed by atoms with van der Waals surface area (Å²) in [5, 5.41) is 0. The van der Waals surface area contributed by atoms with Crippen molar-refractivity contribution in [3.8, 4) is 5.75 Å². The SMILES string of the molecule is COc1cc(F)ccc1N1CCN(C(=O)[C@@H]2CC[C@@H](N)C2)CC1. The normalized spacial score (nSPS) is 24.8. The van der Waals surface area contributed by atoms with Crippen molar-refractivity contribution in [2.24, 2.45) is 11.7 Å². The van der Waals surface area contributed by atoms with Crippen LogP contribution in [0.4, 0.5) is 10.1 Å². The van der Waals surface area contributed by atoms with Crippen LogP contribution in [0.2, 0.25) is 0 Å². The van der Waals surface area contributed by atoms with Gasteiger partial charge in [0.15, 0.2) is 0 Å². The Labute approximate surface area is 136 Å². The lowest BCUT2D eigenvalue weighted by molar-refractivity contribution is -0.135. The molecule has 126 valence electrons. The lowest BCUT2D eigenvalue weighted by Crippen LogP contribution is -2.50. The molecule has 3 rings (SSSR count). The third-order valence-electron chi connectivity index (χ3n) is 4.90. The molecule has 0 radical (unpaired) electrons. The van der Waals surface area contributed by atoms with Gasteiger partial charge in [0, 0.05) is 44.2 Å². The Kier molecular flexibility index (Phi) is 4.71. The number of halogens is 1. The van der Waals surface area contributed by atoms with Crippen molar-refractivity contribution >= 4 is 11.6 Å². The average molecular weight is 321 g/mol. The van der Waals surface area contributed by atoms with Crippen molar-refractivity contribution in [2.75, 3.05) is 38.2 Å². The van der Waals surface area contributed by atoms with Crippen LogP contribution in [0.3, 0.4) is 0 Å². The van der Waals surface area contributed by atoms with Gasteiger partial charge in [-0.25, -0.2) is 4.39 Å². The van der Waals surface area contributed by atoms with Gasteiger partial charge in [-0.1, -0.05) is 0 Å². The Bertz CT molecular complexity index is 573. The zero-order valence-electron chi connectivity index (χ0n) is 13.5. The molecule has 2 fully saturated rings. The second-order valence-corrected chi connectivity index (χ2v) is 6.40. The maximum atomic E-state index is 13.3. The maximum absolute atomic E-state index is 13.3. The number of ether oxygens (including phenoxy) is 1. The second-order valence-electron chi connectivity index (χ2n) is 6.40. The molecular weight excluding hydrogens is 297 g/mol. The summed E-state index contributed by atoms with van der Waals surface area (Å²) in [4.78, 5) is 16.6. The Morgan fingerprint density at radius 2 is 2.00 bits per heavy atom. The zero-order valence-corrected chi connectivity index (χ0v) is 13.5. The summed E-state index contributed by atoms with van der Waals surface area (Å²) < 4.78 is 18.6. The van der Waals surface area contributed by atoms with Crippen LogP contribution < -0.4 is 15.4 Å². The first-order valence-electron chi connectivity index (χ1n) is 8.21. The lowest BCUT2D eigenvalue weighted by Gasteiger charge is -2.37. The van der Waals surface area contributed by atoms with Crippen LogP contribution in [0.5, 0.6) is 5.75 Å². The van der Waals surface area contributed by atoms with Gasteiger partial charge >= 0.3 is 0 Å². The summed E-state index contributed by atoms with van der Waals surface area (Å²) in [5.74, 6) is 0.559. The van der Waals surface area contributed by atoms with Crippen molar-refractivity contribution in [3.63, 3.8) is 0 Å². The third kappa shape index (κ3) is 3.42. The minimum absolute atomic E-state index is 0.0944. The quantitative estimate of drug-likeness (QED) is 0.919. The first-order chi connectivity index (χ1) is 11.1. The van der Waals surface area contributed by atoms with E-state index in [1.165, 1.54) is 12.1 Å². The van der Waals surface area contributed by atoms with Gasteiger partial charge in [0.1, 0.15) is 11.6 Å². The zero-order chi connectivity index (χ0) is 16.4. The van der Waals surface area contributed by atoms with Crippen LogP contribution in [-0.2, 0) is 4.79 Å². The number of piperazine rings is 1. The van der Waals surface area contributed by atoms with Crippen LogP contribution >= 0.6 is 0 Å². The lowest BCUT2D eigenvalue weighted by atomic mass is 10.1. The van der Waals surface area contributed by atoms with E-state index in [1.54, 1.807) is 13.2 Å². The summed E-state index contributed by atoms with van der Waals surface area (Å²) in [6.07, 6.45) is 2.67. The molecule has 0 unspecified atom stereocenters. The van der Waals surface area contributed by atoms with Gasteiger partial charge in [0.25, 0.3) is 0 Å².